The van der Waals surface area contributed by atoms with E-state index in [1.165, 1.54) is 11.8 Å². The van der Waals surface area contributed by atoms with Crippen molar-refractivity contribution in [3.05, 3.63) is 31.9 Å². The Kier molecular flexibility index (Phi) is 10.2. The number of thiocarbonyl (C=S) groups is 1. The van der Waals surface area contributed by atoms with Gasteiger partial charge in [0.1, 0.15) is 21.8 Å². The minimum Gasteiger partial charge on any atom is -0.355 e. The molecule has 36 heavy (non-hydrogen) atoms. The number of likely N-dealkylation sites (N-methyl/N-ethyl adjacent to an activating group) is 1. The number of amides is 1. The summed E-state index contributed by atoms with van der Waals surface area (Å²) in [5.41, 5.74) is 1.27. The second kappa shape index (κ2) is 12.9. The highest BCUT2D eigenvalue weighted by Gasteiger charge is 2.34. The van der Waals surface area contributed by atoms with Gasteiger partial charge in [-0.25, -0.2) is 0 Å². The van der Waals surface area contributed by atoms with Gasteiger partial charge in [-0.3, -0.25) is 19.1 Å². The SMILES string of the molecule is CCCCC(CC)CN1C(=O)/C(=C/c2c(C)c(C#N)c(=O)n(CC)c2N2CCN(CC)CC2)SC1=S. The molecule has 0 aliphatic carbocycles. The molecule has 0 saturated carbocycles. The molecule has 7 nitrogen and oxygen atoms in total. The number of carbonyl (C=O) groups is 1. The zero-order valence-electron chi connectivity index (χ0n) is 22.3. The van der Waals surface area contributed by atoms with E-state index in [2.05, 4.69) is 36.6 Å². The van der Waals surface area contributed by atoms with Gasteiger partial charge in [0.25, 0.3) is 11.5 Å². The standard InChI is InChI=1S/C27H39N5O2S2/c1-6-10-11-20(7-2)18-32-26(34)23(36-27(32)35)16-21-19(5)22(17-28)25(33)31(9-4)24(21)30-14-12-29(8-3)13-15-30/h16,20H,6-15,18H2,1-5H3/b23-16-. The number of nitrogens with zero attached hydrogens (tertiary/aromatic N) is 5. The highest BCUT2D eigenvalue weighted by Crippen LogP contribution is 2.37. The van der Waals surface area contributed by atoms with Crippen molar-refractivity contribution in [2.75, 3.05) is 44.2 Å². The van der Waals surface area contributed by atoms with Crippen molar-refractivity contribution >= 4 is 46.1 Å². The van der Waals surface area contributed by atoms with E-state index < -0.39 is 0 Å². The predicted molar refractivity (Wildman–Crippen MR) is 153 cm³/mol. The van der Waals surface area contributed by atoms with Crippen LogP contribution in [0, 0.1) is 24.2 Å². The van der Waals surface area contributed by atoms with Gasteiger partial charge in [-0.05, 0) is 44.4 Å². The van der Waals surface area contributed by atoms with E-state index in [9.17, 15) is 14.9 Å². The highest BCUT2D eigenvalue weighted by atomic mass is 32.2. The molecule has 1 unspecified atom stereocenters. The topological polar surface area (TPSA) is 72.6 Å². The molecule has 2 saturated heterocycles. The van der Waals surface area contributed by atoms with Crippen molar-refractivity contribution in [2.24, 2.45) is 5.92 Å². The largest absolute Gasteiger partial charge is 0.355 e. The molecule has 1 amide bonds. The molecule has 0 radical (unpaired) electrons. The van der Waals surface area contributed by atoms with Crippen LogP contribution < -0.4 is 10.5 Å². The summed E-state index contributed by atoms with van der Waals surface area (Å²) in [5.74, 6) is 1.15. The van der Waals surface area contributed by atoms with Gasteiger partial charge in [0.2, 0.25) is 0 Å². The number of pyridine rings is 1. The van der Waals surface area contributed by atoms with Gasteiger partial charge in [-0.2, -0.15) is 5.26 Å². The molecule has 3 heterocycles. The van der Waals surface area contributed by atoms with Crippen LogP contribution in [0.15, 0.2) is 9.70 Å². The Morgan fingerprint density at radius 2 is 1.81 bits per heavy atom. The number of carbonyl (C=O) groups excluding carboxylic acids is 1. The van der Waals surface area contributed by atoms with Crippen LogP contribution in [-0.4, -0.2) is 63.9 Å². The predicted octanol–water partition coefficient (Wildman–Crippen LogP) is 4.61. The number of aromatic nitrogens is 1. The summed E-state index contributed by atoms with van der Waals surface area (Å²) in [7, 11) is 0. The third-order valence-electron chi connectivity index (χ3n) is 7.41. The Bertz CT molecular complexity index is 1110. The maximum absolute atomic E-state index is 13.5. The van der Waals surface area contributed by atoms with Crippen LogP contribution in [0.5, 0.6) is 0 Å². The van der Waals surface area contributed by atoms with Crippen LogP contribution >= 0.6 is 24.0 Å². The Morgan fingerprint density at radius 3 is 2.36 bits per heavy atom. The normalized spacial score (nSPS) is 18.8. The van der Waals surface area contributed by atoms with E-state index in [1.54, 1.807) is 9.47 Å². The Labute approximate surface area is 225 Å². The van der Waals surface area contributed by atoms with Crippen molar-refractivity contribution in [3.63, 3.8) is 0 Å². The number of anilines is 1. The lowest BCUT2D eigenvalue weighted by Crippen LogP contribution is -2.48. The Balaban J connectivity index is 2.05. The molecule has 1 aromatic rings. The van der Waals surface area contributed by atoms with E-state index in [1.807, 2.05) is 19.9 Å². The lowest BCUT2D eigenvalue weighted by molar-refractivity contribution is -0.122. The van der Waals surface area contributed by atoms with Crippen LogP contribution in [0.4, 0.5) is 5.82 Å². The smallest absolute Gasteiger partial charge is 0.270 e. The maximum Gasteiger partial charge on any atom is 0.270 e. The highest BCUT2D eigenvalue weighted by molar-refractivity contribution is 8.26. The molecule has 0 aromatic carbocycles. The number of unbranched alkanes of at least 4 members (excludes halogenated alkanes) is 1. The fourth-order valence-electron chi connectivity index (χ4n) is 5.02. The monoisotopic (exact) mass is 529 g/mol. The second-order valence-electron chi connectivity index (χ2n) is 9.53. The zero-order valence-corrected chi connectivity index (χ0v) is 23.9. The van der Waals surface area contributed by atoms with Crippen molar-refractivity contribution in [2.45, 2.75) is 66.8 Å². The number of thioether (sulfide) groups is 1. The van der Waals surface area contributed by atoms with E-state index in [0.717, 1.165) is 69.8 Å². The molecule has 0 N–H and O–H groups in total. The maximum atomic E-state index is 13.5. The van der Waals surface area contributed by atoms with Crippen molar-refractivity contribution in [3.8, 4) is 6.07 Å². The van der Waals surface area contributed by atoms with Gasteiger partial charge >= 0.3 is 0 Å². The van der Waals surface area contributed by atoms with Crippen LogP contribution in [0.2, 0.25) is 0 Å². The minimum atomic E-state index is -0.267. The summed E-state index contributed by atoms with van der Waals surface area (Å²) in [5, 5.41) is 9.80. The molecule has 1 atom stereocenters. The first kappa shape index (κ1) is 28.4. The third-order valence-corrected chi connectivity index (χ3v) is 8.79. The molecule has 2 aliphatic heterocycles. The first-order valence-corrected chi connectivity index (χ1v) is 14.4. The zero-order chi connectivity index (χ0) is 26.4. The van der Waals surface area contributed by atoms with Crippen molar-refractivity contribution in [1.82, 2.24) is 14.4 Å². The van der Waals surface area contributed by atoms with Crippen LogP contribution in [0.25, 0.3) is 6.08 Å². The van der Waals surface area contributed by atoms with Gasteiger partial charge in [0.05, 0.1) is 4.91 Å². The number of piperazine rings is 1. The molecule has 2 aliphatic rings. The average molecular weight is 530 g/mol. The third kappa shape index (κ3) is 5.87. The van der Waals surface area contributed by atoms with Gasteiger partial charge in [-0.15, -0.1) is 0 Å². The van der Waals surface area contributed by atoms with E-state index in [4.69, 9.17) is 12.2 Å². The van der Waals surface area contributed by atoms with Gasteiger partial charge in [0.15, 0.2) is 0 Å². The summed E-state index contributed by atoms with van der Waals surface area (Å²) in [6, 6.07) is 2.11. The molecular weight excluding hydrogens is 490 g/mol. The molecule has 9 heteroatoms. The molecule has 3 rings (SSSR count). The quantitative estimate of drug-likeness (QED) is 0.324. The number of nitriles is 1. The molecule has 0 spiro atoms. The Hall–Kier alpha value is -2.15. The molecule has 1 aromatic heterocycles. The van der Waals surface area contributed by atoms with Crippen LogP contribution in [0.1, 0.15) is 70.1 Å². The number of hydrogen-bond acceptors (Lipinski definition) is 7. The second-order valence-corrected chi connectivity index (χ2v) is 11.2. The summed E-state index contributed by atoms with van der Waals surface area (Å²) in [6.07, 6.45) is 6.25. The van der Waals surface area contributed by atoms with Crippen molar-refractivity contribution < 1.29 is 4.79 Å². The van der Waals surface area contributed by atoms with E-state index in [0.29, 0.717) is 33.8 Å². The molecular formula is C27H39N5O2S2. The molecule has 2 fully saturated rings. The average Bonchev–Trinajstić information content (AvgIpc) is 3.15. The van der Waals surface area contributed by atoms with Crippen LogP contribution in [0.3, 0.4) is 0 Å². The number of rotatable bonds is 10. The van der Waals surface area contributed by atoms with Gasteiger partial charge in [0, 0.05) is 44.8 Å². The molecule has 0 bridgehead atoms. The first-order chi connectivity index (χ1) is 17.3. The number of hydrogen-bond donors (Lipinski definition) is 0. The summed E-state index contributed by atoms with van der Waals surface area (Å²) >= 11 is 6.95. The summed E-state index contributed by atoms with van der Waals surface area (Å²) in [4.78, 5) is 33.6. The fourth-order valence-corrected chi connectivity index (χ4v) is 6.27. The summed E-state index contributed by atoms with van der Waals surface area (Å²) in [6.45, 7) is 15.7. The fraction of sp³-hybridized carbons (Fsp3) is 0.630. The van der Waals surface area contributed by atoms with Gasteiger partial charge in [-0.1, -0.05) is 64.0 Å². The lowest BCUT2D eigenvalue weighted by Gasteiger charge is -2.37. The Morgan fingerprint density at radius 1 is 1.11 bits per heavy atom. The van der Waals surface area contributed by atoms with Crippen molar-refractivity contribution in [1.29, 1.82) is 5.26 Å². The lowest BCUT2D eigenvalue weighted by atomic mass is 9.99. The van der Waals surface area contributed by atoms with E-state index in [-0.39, 0.29) is 17.0 Å². The van der Waals surface area contributed by atoms with E-state index >= 15 is 0 Å². The summed E-state index contributed by atoms with van der Waals surface area (Å²) < 4.78 is 2.28. The van der Waals surface area contributed by atoms with Crippen LogP contribution in [-0.2, 0) is 11.3 Å². The molecule has 196 valence electrons. The minimum absolute atomic E-state index is 0.0751. The van der Waals surface area contributed by atoms with Gasteiger partial charge < -0.3 is 9.80 Å². The first-order valence-electron chi connectivity index (χ1n) is 13.2.